The topological polar surface area (TPSA) is 67.9 Å². The first-order valence-electron chi connectivity index (χ1n) is 12.6. The Bertz CT molecular complexity index is 1120. The molecule has 0 spiro atoms. The predicted molar refractivity (Wildman–Crippen MR) is 147 cm³/mol. The third kappa shape index (κ3) is 9.14. The summed E-state index contributed by atoms with van der Waals surface area (Å²) in [5.41, 5.74) is 1.89. The van der Waals surface area contributed by atoms with Crippen LogP contribution in [-0.4, -0.2) is 43.0 Å². The van der Waals surface area contributed by atoms with Gasteiger partial charge in [-0.05, 0) is 60.4 Å². The van der Waals surface area contributed by atoms with Gasteiger partial charge >= 0.3 is 0 Å². The number of hydrogen-bond acceptors (Lipinski definition) is 4. The zero-order valence-corrected chi connectivity index (χ0v) is 22.2. The van der Waals surface area contributed by atoms with E-state index in [1.54, 1.807) is 36.3 Å². The summed E-state index contributed by atoms with van der Waals surface area (Å²) in [7, 11) is 1.61. The van der Waals surface area contributed by atoms with Gasteiger partial charge in [-0.25, -0.2) is 0 Å². The van der Waals surface area contributed by atoms with Gasteiger partial charge in [0.2, 0.25) is 11.8 Å². The molecule has 7 heteroatoms. The van der Waals surface area contributed by atoms with Crippen molar-refractivity contribution in [2.75, 3.05) is 20.3 Å². The van der Waals surface area contributed by atoms with Crippen molar-refractivity contribution in [1.29, 1.82) is 0 Å². The van der Waals surface area contributed by atoms with Gasteiger partial charge in [0.1, 0.15) is 17.5 Å². The number of methoxy groups -OCH3 is 1. The van der Waals surface area contributed by atoms with Crippen LogP contribution in [-0.2, 0) is 22.6 Å². The Balaban J connectivity index is 1.78. The molecule has 37 heavy (non-hydrogen) atoms. The Morgan fingerprint density at radius 3 is 2.38 bits per heavy atom. The molecule has 6 nitrogen and oxygen atoms in total. The lowest BCUT2D eigenvalue weighted by Gasteiger charge is -2.31. The van der Waals surface area contributed by atoms with Crippen LogP contribution in [0, 0.1) is 0 Å². The third-order valence-corrected chi connectivity index (χ3v) is 6.18. The predicted octanol–water partition coefficient (Wildman–Crippen LogP) is 5.67. The van der Waals surface area contributed by atoms with Gasteiger partial charge in [-0.1, -0.05) is 61.0 Å². The number of halogens is 1. The Hall–Kier alpha value is -3.51. The minimum Gasteiger partial charge on any atom is -0.497 e. The molecule has 3 aromatic rings. The highest BCUT2D eigenvalue weighted by molar-refractivity contribution is 6.30. The summed E-state index contributed by atoms with van der Waals surface area (Å²) >= 11 is 5.93. The third-order valence-electron chi connectivity index (χ3n) is 5.92. The van der Waals surface area contributed by atoms with E-state index in [9.17, 15) is 9.59 Å². The molecule has 3 rings (SSSR count). The van der Waals surface area contributed by atoms with Crippen LogP contribution in [0.4, 0.5) is 0 Å². The second-order valence-corrected chi connectivity index (χ2v) is 9.21. The molecule has 0 aliphatic rings. The molecule has 0 unspecified atom stereocenters. The number of carbonyl (C=O) groups excluding carboxylic acids is 2. The Labute approximate surface area is 224 Å². The molecule has 0 saturated heterocycles. The zero-order chi connectivity index (χ0) is 26.5. The molecule has 0 aliphatic heterocycles. The molecule has 0 fully saturated rings. The molecule has 1 N–H and O–H groups in total. The van der Waals surface area contributed by atoms with Crippen molar-refractivity contribution in [3.05, 3.63) is 95.0 Å². The van der Waals surface area contributed by atoms with E-state index in [0.29, 0.717) is 49.1 Å². The van der Waals surface area contributed by atoms with Crippen molar-refractivity contribution in [2.45, 2.75) is 45.2 Å². The fourth-order valence-corrected chi connectivity index (χ4v) is 4.10. The smallest absolute Gasteiger partial charge is 0.243 e. The lowest BCUT2D eigenvalue weighted by Crippen LogP contribution is -2.50. The monoisotopic (exact) mass is 522 g/mol. The summed E-state index contributed by atoms with van der Waals surface area (Å²) in [4.78, 5) is 28.6. The molecular weight excluding hydrogens is 488 g/mol. The fraction of sp³-hybridized carbons (Fsp3) is 0.333. The van der Waals surface area contributed by atoms with Crippen molar-refractivity contribution in [1.82, 2.24) is 10.2 Å². The van der Waals surface area contributed by atoms with Crippen LogP contribution >= 0.6 is 11.6 Å². The fourth-order valence-electron chi connectivity index (χ4n) is 3.98. The number of nitrogens with zero attached hydrogens (tertiary/aromatic N) is 1. The minimum absolute atomic E-state index is 0.102. The lowest BCUT2D eigenvalue weighted by atomic mass is 10.0. The van der Waals surface area contributed by atoms with Crippen molar-refractivity contribution in [3.8, 4) is 11.5 Å². The van der Waals surface area contributed by atoms with Gasteiger partial charge in [0.15, 0.2) is 0 Å². The van der Waals surface area contributed by atoms with Gasteiger partial charge in [0.25, 0.3) is 0 Å². The Morgan fingerprint density at radius 2 is 1.68 bits per heavy atom. The molecule has 0 bridgehead atoms. The van der Waals surface area contributed by atoms with Gasteiger partial charge in [-0.15, -0.1) is 0 Å². The van der Waals surface area contributed by atoms with E-state index in [2.05, 4.69) is 5.32 Å². The first-order valence-corrected chi connectivity index (χ1v) is 13.0. The summed E-state index contributed by atoms with van der Waals surface area (Å²) < 4.78 is 11.1. The number of carbonyl (C=O) groups is 2. The number of rotatable bonds is 14. The van der Waals surface area contributed by atoms with Gasteiger partial charge < -0.3 is 19.7 Å². The summed E-state index contributed by atoms with van der Waals surface area (Å²) in [5, 5.41) is 3.64. The van der Waals surface area contributed by atoms with Gasteiger partial charge in [-0.3, -0.25) is 9.59 Å². The lowest BCUT2D eigenvalue weighted by molar-refractivity contribution is -0.141. The second kappa shape index (κ2) is 14.9. The normalized spacial score (nSPS) is 11.4. The molecule has 196 valence electrons. The number of hydrogen-bond donors (Lipinski definition) is 1. The standard InChI is InChI=1S/C30H35ClN2O4/c1-3-18-32-30(35)28(21-23-9-5-4-6-10-23)33(22-24-11-7-12-27(20-24)36-2)29(34)13-8-19-37-26-16-14-25(31)15-17-26/h4-7,9-12,14-17,20,28H,3,8,13,18-19,21-22H2,1-2H3,(H,32,35)/t28-/m1/s1. The van der Waals surface area contributed by atoms with Crippen molar-refractivity contribution >= 4 is 23.4 Å². The number of ether oxygens (including phenoxy) is 2. The number of nitrogens with one attached hydrogen (secondary N) is 1. The maximum absolute atomic E-state index is 13.6. The van der Waals surface area contributed by atoms with Crippen LogP contribution in [0.2, 0.25) is 5.02 Å². The van der Waals surface area contributed by atoms with E-state index < -0.39 is 6.04 Å². The van der Waals surface area contributed by atoms with Crippen molar-refractivity contribution in [2.24, 2.45) is 0 Å². The minimum atomic E-state index is -0.648. The van der Waals surface area contributed by atoms with Crippen LogP contribution < -0.4 is 14.8 Å². The highest BCUT2D eigenvalue weighted by Crippen LogP contribution is 2.20. The van der Waals surface area contributed by atoms with Crippen LogP contribution in [0.15, 0.2) is 78.9 Å². The first kappa shape index (κ1) is 28.1. The molecule has 0 saturated carbocycles. The highest BCUT2D eigenvalue weighted by atomic mass is 35.5. The van der Waals surface area contributed by atoms with Gasteiger partial charge in [0, 0.05) is 31.0 Å². The average molecular weight is 523 g/mol. The average Bonchev–Trinajstić information content (AvgIpc) is 2.93. The Morgan fingerprint density at radius 1 is 0.946 bits per heavy atom. The molecule has 3 aromatic carbocycles. The molecular formula is C30H35ClN2O4. The summed E-state index contributed by atoms with van der Waals surface area (Å²) in [6, 6.07) is 23.9. The zero-order valence-electron chi connectivity index (χ0n) is 21.5. The van der Waals surface area contributed by atoms with Crippen LogP contribution in [0.1, 0.15) is 37.3 Å². The van der Waals surface area contributed by atoms with Gasteiger partial charge in [0.05, 0.1) is 13.7 Å². The Kier molecular flexibility index (Phi) is 11.3. The van der Waals surface area contributed by atoms with E-state index in [1.807, 2.05) is 61.5 Å². The molecule has 2 amide bonds. The molecule has 0 heterocycles. The van der Waals surface area contributed by atoms with Crippen molar-refractivity contribution in [3.63, 3.8) is 0 Å². The molecule has 0 aliphatic carbocycles. The quantitative estimate of drug-likeness (QED) is 0.277. The van der Waals surface area contributed by atoms with Crippen LogP contribution in [0.3, 0.4) is 0 Å². The SMILES string of the molecule is CCCNC(=O)[C@@H](Cc1ccccc1)N(Cc1cccc(OC)c1)C(=O)CCCOc1ccc(Cl)cc1. The van der Waals surface area contributed by atoms with E-state index in [-0.39, 0.29) is 18.2 Å². The van der Waals surface area contributed by atoms with E-state index in [0.717, 1.165) is 17.5 Å². The highest BCUT2D eigenvalue weighted by Gasteiger charge is 2.30. The van der Waals surface area contributed by atoms with Crippen LogP contribution in [0.5, 0.6) is 11.5 Å². The van der Waals surface area contributed by atoms with E-state index in [1.165, 1.54) is 0 Å². The molecule has 0 radical (unpaired) electrons. The van der Waals surface area contributed by atoms with Gasteiger partial charge in [-0.2, -0.15) is 0 Å². The van der Waals surface area contributed by atoms with Crippen molar-refractivity contribution < 1.29 is 19.1 Å². The summed E-state index contributed by atoms with van der Waals surface area (Å²) in [6.07, 6.45) is 2.01. The molecule has 1 atom stereocenters. The maximum atomic E-state index is 13.6. The number of amides is 2. The van der Waals surface area contributed by atoms with E-state index in [4.69, 9.17) is 21.1 Å². The first-order chi connectivity index (χ1) is 18.0. The van der Waals surface area contributed by atoms with Crippen LogP contribution in [0.25, 0.3) is 0 Å². The summed E-state index contributed by atoms with van der Waals surface area (Å²) in [5.74, 6) is 1.15. The second-order valence-electron chi connectivity index (χ2n) is 8.78. The van der Waals surface area contributed by atoms with E-state index >= 15 is 0 Å². The maximum Gasteiger partial charge on any atom is 0.243 e. The molecule has 0 aromatic heterocycles. The summed E-state index contributed by atoms with van der Waals surface area (Å²) in [6.45, 7) is 3.24. The largest absolute Gasteiger partial charge is 0.497 e. The number of benzene rings is 3.